The molecule has 7 heteroatoms. The van der Waals surface area contributed by atoms with Gasteiger partial charge in [-0.25, -0.2) is 4.98 Å². The zero-order valence-corrected chi connectivity index (χ0v) is 21.2. The Morgan fingerprint density at radius 3 is 2.57 bits per heavy atom. The number of phenolic OH excluding ortho intramolecular Hbond substituents is 1. The van der Waals surface area contributed by atoms with Crippen molar-refractivity contribution < 1.29 is 35.6 Å². The first-order chi connectivity index (χ1) is 16.6. The summed E-state index contributed by atoms with van der Waals surface area (Å²) in [5, 5.41) is 13.1. The van der Waals surface area contributed by atoms with E-state index in [0.29, 0.717) is 23.0 Å². The first-order valence-corrected chi connectivity index (χ1v) is 10.9. The summed E-state index contributed by atoms with van der Waals surface area (Å²) in [6.45, 7) is 2.01. The number of phenols is 1. The van der Waals surface area contributed by atoms with Crippen LogP contribution in [-0.2, 0) is 21.1 Å². The number of aromatic nitrogens is 3. The van der Waals surface area contributed by atoms with E-state index >= 15 is 0 Å². The molecule has 0 spiro atoms. The Hall–Kier alpha value is -3.89. The van der Waals surface area contributed by atoms with E-state index < -0.39 is 0 Å². The van der Waals surface area contributed by atoms with Gasteiger partial charge in [0.05, 0.1) is 7.11 Å². The summed E-state index contributed by atoms with van der Waals surface area (Å²) in [4.78, 5) is 9.17. The van der Waals surface area contributed by atoms with E-state index in [9.17, 15) is 5.11 Å². The molecule has 176 valence electrons. The minimum atomic E-state index is 0. The molecule has 0 atom stereocenters. The minimum absolute atomic E-state index is 0. The van der Waals surface area contributed by atoms with Crippen LogP contribution < -0.4 is 9.47 Å². The molecule has 0 amide bonds. The first-order valence-electron chi connectivity index (χ1n) is 10.9. The van der Waals surface area contributed by atoms with Crippen LogP contribution in [0.25, 0.3) is 38.5 Å². The molecule has 0 radical (unpaired) electrons. The summed E-state index contributed by atoms with van der Waals surface area (Å²) in [6.07, 6.45) is 0. The smallest absolute Gasteiger partial charge is 0.217 e. The molecule has 1 N–H and O–H groups in total. The Morgan fingerprint density at radius 2 is 1.71 bits per heavy atom. The number of aryl methyl sites for hydroxylation is 1. The molecule has 0 saturated heterocycles. The summed E-state index contributed by atoms with van der Waals surface area (Å²) in [5.41, 5.74) is 3.38. The number of hydrogen-bond acceptors (Lipinski definition) is 5. The molecule has 3 aromatic heterocycles. The predicted octanol–water partition coefficient (Wildman–Crippen LogP) is 6.34. The van der Waals surface area contributed by atoms with Crippen molar-refractivity contribution in [2.45, 2.75) is 6.92 Å². The van der Waals surface area contributed by atoms with Crippen molar-refractivity contribution in [2.75, 3.05) is 7.11 Å². The number of hydrogen-bond donors (Lipinski definition) is 1. The Bertz CT molecular complexity index is 1710. The maximum absolute atomic E-state index is 10.2. The number of ether oxygens (including phenoxy) is 2. The van der Waals surface area contributed by atoms with Crippen molar-refractivity contribution in [1.82, 2.24) is 14.5 Å². The second kappa shape index (κ2) is 9.04. The van der Waals surface area contributed by atoms with Gasteiger partial charge < -0.3 is 19.1 Å². The molecule has 0 aliphatic rings. The maximum atomic E-state index is 10.2. The standard InChI is InChI=1S/C28H20N3O3.Pt/c1-17-14-25(29-27(15-17)33-2)31-22-8-4-3-7-20(22)21-12-11-19(16-23(21)31)34-26-13-10-18-6-5-9-24(32)28(18)30-26;/h3-15,32H,1-2H3;/q-1;. The third-order valence-corrected chi connectivity index (χ3v) is 5.82. The zero-order valence-electron chi connectivity index (χ0n) is 18.9. The van der Waals surface area contributed by atoms with Crippen LogP contribution in [0.5, 0.6) is 23.3 Å². The van der Waals surface area contributed by atoms with Gasteiger partial charge >= 0.3 is 0 Å². The molecule has 6 nitrogen and oxygen atoms in total. The van der Waals surface area contributed by atoms with Crippen molar-refractivity contribution in [2.24, 2.45) is 0 Å². The second-order valence-corrected chi connectivity index (χ2v) is 8.08. The van der Waals surface area contributed by atoms with Crippen molar-refractivity contribution in [1.29, 1.82) is 0 Å². The molecule has 0 saturated carbocycles. The number of fused-ring (bicyclic) bond motifs is 4. The minimum Gasteiger partial charge on any atom is -0.506 e. The number of nitrogens with zero attached hydrogens (tertiary/aromatic N) is 3. The van der Waals surface area contributed by atoms with Crippen molar-refractivity contribution in [3.63, 3.8) is 0 Å². The molecule has 0 aliphatic carbocycles. The fourth-order valence-corrected chi connectivity index (χ4v) is 4.29. The topological polar surface area (TPSA) is 69.4 Å². The number of pyridine rings is 2. The van der Waals surface area contributed by atoms with Gasteiger partial charge in [0.25, 0.3) is 0 Å². The molecule has 0 unspecified atom stereocenters. The van der Waals surface area contributed by atoms with Crippen molar-refractivity contribution >= 4 is 32.7 Å². The number of para-hydroxylation sites is 2. The SMILES string of the molecule is COc1cc(C)cc(-n2c3[c-]c(Oc4ccc5cccc(O)c5n4)ccc3c3ccccc32)n1.[Pt]. The Labute approximate surface area is 216 Å². The van der Waals surface area contributed by atoms with E-state index in [-0.39, 0.29) is 26.8 Å². The van der Waals surface area contributed by atoms with E-state index in [0.717, 1.165) is 38.6 Å². The van der Waals surface area contributed by atoms with Crippen LogP contribution in [0, 0.1) is 13.0 Å². The van der Waals surface area contributed by atoms with Crippen LogP contribution in [-0.4, -0.2) is 26.8 Å². The van der Waals surface area contributed by atoms with Crippen LogP contribution in [0.1, 0.15) is 5.56 Å². The van der Waals surface area contributed by atoms with E-state index in [1.807, 2.05) is 55.5 Å². The van der Waals surface area contributed by atoms with Crippen molar-refractivity contribution in [3.05, 3.63) is 90.5 Å². The summed E-state index contributed by atoms with van der Waals surface area (Å²) in [5.74, 6) is 2.29. The third-order valence-electron chi connectivity index (χ3n) is 5.82. The van der Waals surface area contributed by atoms with Crippen LogP contribution in [0.15, 0.2) is 78.9 Å². The van der Waals surface area contributed by atoms with Gasteiger partial charge in [-0.1, -0.05) is 35.8 Å². The van der Waals surface area contributed by atoms with Gasteiger partial charge in [-0.05, 0) is 42.1 Å². The van der Waals surface area contributed by atoms with E-state index in [4.69, 9.17) is 14.5 Å². The predicted molar refractivity (Wildman–Crippen MR) is 132 cm³/mol. The van der Waals surface area contributed by atoms with Gasteiger partial charge in [0, 0.05) is 49.9 Å². The first kappa shape index (κ1) is 22.9. The van der Waals surface area contributed by atoms with Crippen molar-refractivity contribution in [3.8, 4) is 29.1 Å². The Balaban J connectivity index is 0.00000253. The van der Waals surface area contributed by atoms with Crippen LogP contribution >= 0.6 is 0 Å². The van der Waals surface area contributed by atoms with Gasteiger partial charge in [0.15, 0.2) is 0 Å². The monoisotopic (exact) mass is 641 g/mol. The van der Waals surface area contributed by atoms with Gasteiger partial charge in [-0.3, -0.25) is 0 Å². The molecular weight excluding hydrogens is 621 g/mol. The number of rotatable bonds is 4. The molecule has 6 aromatic rings. The normalized spacial score (nSPS) is 11.0. The van der Waals surface area contributed by atoms with Crippen LogP contribution in [0.3, 0.4) is 0 Å². The third kappa shape index (κ3) is 4.00. The van der Waals surface area contributed by atoms with E-state index in [1.54, 1.807) is 25.3 Å². The molecular formula is C28H20N3O3Pt-. The fraction of sp³-hybridized carbons (Fsp3) is 0.0714. The molecule has 0 aliphatic heterocycles. The maximum Gasteiger partial charge on any atom is 0.217 e. The number of methoxy groups -OCH3 is 1. The molecule has 0 fully saturated rings. The Morgan fingerprint density at radius 1 is 0.857 bits per heavy atom. The summed E-state index contributed by atoms with van der Waals surface area (Å²) in [6, 6.07) is 28.3. The van der Waals surface area contributed by atoms with E-state index in [2.05, 4.69) is 27.8 Å². The number of benzene rings is 3. The van der Waals surface area contributed by atoms with Gasteiger partial charge in [-0.2, -0.15) is 11.1 Å². The molecule has 3 heterocycles. The average molecular weight is 642 g/mol. The summed E-state index contributed by atoms with van der Waals surface area (Å²) < 4.78 is 13.5. The molecule has 6 rings (SSSR count). The average Bonchev–Trinajstić information content (AvgIpc) is 3.18. The van der Waals surface area contributed by atoms with E-state index in [1.165, 1.54) is 0 Å². The molecule has 3 aromatic carbocycles. The fourth-order valence-electron chi connectivity index (χ4n) is 4.29. The summed E-state index contributed by atoms with van der Waals surface area (Å²) in [7, 11) is 1.61. The Kier molecular flexibility index (Phi) is 5.91. The van der Waals surface area contributed by atoms with Gasteiger partial charge in [0.2, 0.25) is 11.8 Å². The van der Waals surface area contributed by atoms with Crippen LogP contribution in [0.2, 0.25) is 0 Å². The van der Waals surface area contributed by atoms with Crippen LogP contribution in [0.4, 0.5) is 0 Å². The summed E-state index contributed by atoms with van der Waals surface area (Å²) >= 11 is 0. The largest absolute Gasteiger partial charge is 0.506 e. The second-order valence-electron chi connectivity index (χ2n) is 8.08. The zero-order chi connectivity index (χ0) is 23.2. The quantitative estimate of drug-likeness (QED) is 0.228. The van der Waals surface area contributed by atoms with Gasteiger partial charge in [-0.15, -0.1) is 17.5 Å². The number of aromatic hydroxyl groups is 1. The molecule has 35 heavy (non-hydrogen) atoms. The van der Waals surface area contributed by atoms with Gasteiger partial charge in [0.1, 0.15) is 17.1 Å². The molecule has 0 bridgehead atoms.